The van der Waals surface area contributed by atoms with Crippen molar-refractivity contribution in [1.29, 1.82) is 0 Å². The summed E-state index contributed by atoms with van der Waals surface area (Å²) in [7, 11) is 0. The molecule has 0 atom stereocenters. The topological polar surface area (TPSA) is 95.6 Å². The average molecular weight is 192 g/mol. The number of hydrogen-bond acceptors (Lipinski definition) is 5. The van der Waals surface area contributed by atoms with Gasteiger partial charge in [-0.3, -0.25) is 0 Å². The van der Waals surface area contributed by atoms with Crippen LogP contribution in [0.4, 0.5) is 11.8 Å². The molecule has 6 nitrogen and oxygen atoms in total. The van der Waals surface area contributed by atoms with E-state index in [0.717, 1.165) is 5.39 Å². The first-order valence-electron chi connectivity index (χ1n) is 4.36. The van der Waals surface area contributed by atoms with Crippen LogP contribution in [-0.2, 0) is 0 Å². The summed E-state index contributed by atoms with van der Waals surface area (Å²) in [6.07, 6.45) is 1.66. The Bertz CT molecular complexity index is 472. The summed E-state index contributed by atoms with van der Waals surface area (Å²) in [5.41, 5.74) is 11.9. The quantitative estimate of drug-likeness (QED) is 0.688. The molecule has 0 bridgehead atoms. The Labute approximate surface area is 80.9 Å². The number of fused-ring (bicyclic) bond motifs is 1. The van der Waals surface area contributed by atoms with Crippen molar-refractivity contribution in [2.24, 2.45) is 0 Å². The van der Waals surface area contributed by atoms with Crippen LogP contribution in [0.5, 0.6) is 0 Å². The number of nitrogens with zero attached hydrogens (tertiary/aromatic N) is 4. The van der Waals surface area contributed by atoms with Crippen molar-refractivity contribution in [3.05, 3.63) is 6.20 Å². The number of nitrogen functional groups attached to an aromatic ring is 2. The lowest BCUT2D eigenvalue weighted by molar-refractivity contribution is 0.546. The lowest BCUT2D eigenvalue weighted by Crippen LogP contribution is -2.06. The fourth-order valence-electron chi connectivity index (χ4n) is 1.34. The van der Waals surface area contributed by atoms with Crippen LogP contribution in [-0.4, -0.2) is 19.7 Å². The molecular formula is C8H12N6. The molecule has 0 radical (unpaired) electrons. The summed E-state index contributed by atoms with van der Waals surface area (Å²) in [4.78, 5) is 7.97. The molecule has 0 saturated carbocycles. The molecule has 6 heteroatoms. The number of aromatic nitrogens is 4. The fraction of sp³-hybridized carbons (Fsp3) is 0.375. The normalized spacial score (nSPS) is 11.4. The minimum Gasteiger partial charge on any atom is -0.383 e. The molecule has 0 aromatic carbocycles. The smallest absolute Gasteiger partial charge is 0.224 e. The van der Waals surface area contributed by atoms with E-state index in [0.29, 0.717) is 11.5 Å². The predicted octanol–water partition coefficient (Wildman–Crippen LogP) is 0.572. The second-order valence-corrected chi connectivity index (χ2v) is 3.39. The number of rotatable bonds is 1. The highest BCUT2D eigenvalue weighted by Gasteiger charge is 2.11. The largest absolute Gasteiger partial charge is 0.383 e. The SMILES string of the molecule is CC(C)n1ncc2c(N)nc(N)nc21. The highest BCUT2D eigenvalue weighted by Crippen LogP contribution is 2.20. The zero-order valence-electron chi connectivity index (χ0n) is 8.10. The van der Waals surface area contributed by atoms with Gasteiger partial charge in [-0.2, -0.15) is 15.1 Å². The highest BCUT2D eigenvalue weighted by atomic mass is 15.3. The van der Waals surface area contributed by atoms with Crippen LogP contribution in [0.15, 0.2) is 6.20 Å². The Morgan fingerprint density at radius 3 is 2.64 bits per heavy atom. The molecule has 74 valence electrons. The highest BCUT2D eigenvalue weighted by molar-refractivity contribution is 5.86. The molecule has 0 fully saturated rings. The molecule has 2 aromatic rings. The Balaban J connectivity index is 2.78. The fourth-order valence-corrected chi connectivity index (χ4v) is 1.34. The van der Waals surface area contributed by atoms with E-state index in [1.807, 2.05) is 13.8 Å². The van der Waals surface area contributed by atoms with E-state index in [1.165, 1.54) is 0 Å². The van der Waals surface area contributed by atoms with E-state index < -0.39 is 0 Å². The second-order valence-electron chi connectivity index (χ2n) is 3.39. The van der Waals surface area contributed by atoms with Gasteiger partial charge in [-0.05, 0) is 13.8 Å². The summed E-state index contributed by atoms with van der Waals surface area (Å²) < 4.78 is 1.77. The van der Waals surface area contributed by atoms with Gasteiger partial charge in [-0.1, -0.05) is 0 Å². The van der Waals surface area contributed by atoms with Gasteiger partial charge >= 0.3 is 0 Å². The first-order chi connectivity index (χ1) is 6.59. The third-order valence-corrected chi connectivity index (χ3v) is 1.99. The summed E-state index contributed by atoms with van der Waals surface area (Å²) in [5.74, 6) is 0.553. The van der Waals surface area contributed by atoms with Gasteiger partial charge in [-0.15, -0.1) is 0 Å². The van der Waals surface area contributed by atoms with Gasteiger partial charge in [0.05, 0.1) is 11.6 Å². The van der Waals surface area contributed by atoms with Gasteiger partial charge in [0.1, 0.15) is 5.82 Å². The predicted molar refractivity (Wildman–Crippen MR) is 54.5 cm³/mol. The monoisotopic (exact) mass is 192 g/mol. The van der Waals surface area contributed by atoms with Crippen molar-refractivity contribution in [2.75, 3.05) is 11.5 Å². The maximum atomic E-state index is 5.69. The second kappa shape index (κ2) is 2.83. The minimum atomic E-state index is 0.178. The van der Waals surface area contributed by atoms with Crippen molar-refractivity contribution in [3.8, 4) is 0 Å². The van der Waals surface area contributed by atoms with E-state index in [4.69, 9.17) is 11.5 Å². The van der Waals surface area contributed by atoms with Gasteiger partial charge in [0.15, 0.2) is 5.65 Å². The molecule has 0 aliphatic heterocycles. The zero-order chi connectivity index (χ0) is 10.3. The maximum absolute atomic E-state index is 5.69. The van der Waals surface area contributed by atoms with Crippen LogP contribution in [0.3, 0.4) is 0 Å². The van der Waals surface area contributed by atoms with Gasteiger partial charge in [-0.25, -0.2) is 4.68 Å². The van der Waals surface area contributed by atoms with Crippen molar-refractivity contribution < 1.29 is 0 Å². The molecule has 0 unspecified atom stereocenters. The van der Waals surface area contributed by atoms with Crippen LogP contribution in [0.25, 0.3) is 11.0 Å². The third kappa shape index (κ3) is 1.15. The Morgan fingerprint density at radius 1 is 1.29 bits per heavy atom. The van der Waals surface area contributed by atoms with Crippen molar-refractivity contribution in [1.82, 2.24) is 19.7 Å². The molecule has 4 N–H and O–H groups in total. The van der Waals surface area contributed by atoms with Gasteiger partial charge < -0.3 is 11.5 Å². The van der Waals surface area contributed by atoms with Crippen LogP contribution in [0, 0.1) is 0 Å². The Morgan fingerprint density at radius 2 is 2.00 bits per heavy atom. The lowest BCUT2D eigenvalue weighted by Gasteiger charge is -2.06. The van der Waals surface area contributed by atoms with E-state index in [1.54, 1.807) is 10.9 Å². The molecule has 0 aliphatic carbocycles. The van der Waals surface area contributed by atoms with Gasteiger partial charge in [0.25, 0.3) is 0 Å². The van der Waals surface area contributed by atoms with E-state index in [9.17, 15) is 0 Å². The molecule has 2 rings (SSSR count). The number of nitrogens with two attached hydrogens (primary N) is 2. The summed E-state index contributed by atoms with van der Waals surface area (Å²) in [6.45, 7) is 4.03. The van der Waals surface area contributed by atoms with Crippen molar-refractivity contribution in [3.63, 3.8) is 0 Å². The first-order valence-corrected chi connectivity index (χ1v) is 4.36. The molecular weight excluding hydrogens is 180 g/mol. The Kier molecular flexibility index (Phi) is 1.77. The molecule has 2 heterocycles. The Hall–Kier alpha value is -1.85. The van der Waals surface area contributed by atoms with E-state index in [-0.39, 0.29) is 12.0 Å². The minimum absolute atomic E-state index is 0.178. The zero-order valence-corrected chi connectivity index (χ0v) is 8.10. The standard InChI is InChI=1S/C8H12N6/c1-4(2)14-7-5(3-11-14)6(9)12-8(10)13-7/h3-4H,1-2H3,(H4,9,10,12,13). The molecule has 0 spiro atoms. The lowest BCUT2D eigenvalue weighted by atomic mass is 10.3. The van der Waals surface area contributed by atoms with Crippen LogP contribution in [0.1, 0.15) is 19.9 Å². The molecule has 2 aromatic heterocycles. The molecule has 0 amide bonds. The molecule has 0 aliphatic rings. The summed E-state index contributed by atoms with van der Waals surface area (Å²) in [5, 5.41) is 4.92. The van der Waals surface area contributed by atoms with Crippen LogP contribution < -0.4 is 11.5 Å². The molecule has 0 saturated heterocycles. The van der Waals surface area contributed by atoms with Gasteiger partial charge in [0.2, 0.25) is 5.95 Å². The number of anilines is 2. The first kappa shape index (κ1) is 8.74. The molecule has 14 heavy (non-hydrogen) atoms. The van der Waals surface area contributed by atoms with E-state index in [2.05, 4.69) is 15.1 Å². The third-order valence-electron chi connectivity index (χ3n) is 1.99. The van der Waals surface area contributed by atoms with E-state index >= 15 is 0 Å². The van der Waals surface area contributed by atoms with Gasteiger partial charge in [0, 0.05) is 6.04 Å². The summed E-state index contributed by atoms with van der Waals surface area (Å²) >= 11 is 0. The van der Waals surface area contributed by atoms with Crippen LogP contribution >= 0.6 is 0 Å². The van der Waals surface area contributed by atoms with Crippen LogP contribution in [0.2, 0.25) is 0 Å². The average Bonchev–Trinajstić information content (AvgIpc) is 2.47. The number of hydrogen-bond donors (Lipinski definition) is 2. The van der Waals surface area contributed by atoms with Crippen molar-refractivity contribution in [2.45, 2.75) is 19.9 Å². The van der Waals surface area contributed by atoms with Crippen molar-refractivity contribution >= 4 is 22.8 Å². The maximum Gasteiger partial charge on any atom is 0.224 e. The summed E-state index contributed by atoms with van der Waals surface area (Å²) in [6, 6.07) is 0.223.